The summed E-state index contributed by atoms with van der Waals surface area (Å²) in [6.07, 6.45) is 2.42. The van der Waals surface area contributed by atoms with E-state index in [9.17, 15) is 0 Å². The number of methoxy groups -OCH3 is 3. The van der Waals surface area contributed by atoms with Gasteiger partial charge in [0, 0.05) is 31.9 Å². The van der Waals surface area contributed by atoms with Gasteiger partial charge in [0.2, 0.25) is 5.75 Å². The smallest absolute Gasteiger partial charge is 0.203 e. The maximum Gasteiger partial charge on any atom is 0.203 e. The molecule has 3 rings (SSSR count). The minimum atomic E-state index is 0.595. The first-order chi connectivity index (χ1) is 14.6. The zero-order valence-electron chi connectivity index (χ0n) is 18.9. The van der Waals surface area contributed by atoms with Crippen molar-refractivity contribution in [3.05, 3.63) is 47.5 Å². The van der Waals surface area contributed by atoms with Crippen LogP contribution in [-0.2, 0) is 13.1 Å². The second-order valence-electron chi connectivity index (χ2n) is 7.91. The highest BCUT2D eigenvalue weighted by Crippen LogP contribution is 2.38. The molecule has 0 radical (unpaired) electrons. The third kappa shape index (κ3) is 5.18. The van der Waals surface area contributed by atoms with Crippen LogP contribution in [0.1, 0.15) is 24.0 Å². The van der Waals surface area contributed by atoms with Gasteiger partial charge in [0.1, 0.15) is 0 Å². The van der Waals surface area contributed by atoms with Crippen LogP contribution in [-0.4, -0.2) is 59.5 Å². The lowest BCUT2D eigenvalue weighted by atomic mass is 10.0. The molecule has 0 spiro atoms. The molecule has 0 saturated carbocycles. The Morgan fingerprint density at radius 2 is 1.60 bits per heavy atom. The Bertz CT molecular complexity index is 794. The summed E-state index contributed by atoms with van der Waals surface area (Å²) in [4.78, 5) is 4.87. The predicted octanol–water partition coefficient (Wildman–Crippen LogP) is 3.53. The standard InChI is InChI=1S/C24H35N3O3/c1-26-12-10-20(11-13-26)27(2)21-9-7-6-8-19(21)17-25-16-18-14-22(28-3)24(30-5)23(15-18)29-4/h6-9,14-15,20,25H,10-13,16-17H2,1-5H3. The number of para-hydroxylation sites is 1. The van der Waals surface area contributed by atoms with E-state index in [1.54, 1.807) is 21.3 Å². The Kier molecular flexibility index (Phi) is 7.82. The molecule has 1 saturated heterocycles. The van der Waals surface area contributed by atoms with Crippen molar-refractivity contribution < 1.29 is 14.2 Å². The second kappa shape index (κ2) is 10.5. The molecule has 164 valence electrons. The van der Waals surface area contributed by atoms with Crippen molar-refractivity contribution in [2.45, 2.75) is 32.0 Å². The van der Waals surface area contributed by atoms with E-state index < -0.39 is 0 Å². The van der Waals surface area contributed by atoms with Gasteiger partial charge in [-0.05, 0) is 62.3 Å². The summed E-state index contributed by atoms with van der Waals surface area (Å²) in [5.74, 6) is 1.97. The van der Waals surface area contributed by atoms with Crippen molar-refractivity contribution in [3.8, 4) is 17.2 Å². The molecule has 6 nitrogen and oxygen atoms in total. The highest BCUT2D eigenvalue weighted by Gasteiger charge is 2.22. The Morgan fingerprint density at radius 3 is 2.20 bits per heavy atom. The molecule has 0 atom stereocenters. The van der Waals surface area contributed by atoms with E-state index in [1.165, 1.54) is 24.1 Å². The van der Waals surface area contributed by atoms with Crippen molar-refractivity contribution in [2.24, 2.45) is 0 Å². The predicted molar refractivity (Wildman–Crippen MR) is 122 cm³/mol. The van der Waals surface area contributed by atoms with E-state index >= 15 is 0 Å². The number of nitrogens with one attached hydrogen (secondary N) is 1. The zero-order chi connectivity index (χ0) is 21.5. The van der Waals surface area contributed by atoms with E-state index in [0.717, 1.165) is 25.2 Å². The van der Waals surface area contributed by atoms with Gasteiger partial charge in [0.05, 0.1) is 21.3 Å². The van der Waals surface area contributed by atoms with Gasteiger partial charge < -0.3 is 29.3 Å². The van der Waals surface area contributed by atoms with Crippen molar-refractivity contribution >= 4 is 5.69 Å². The summed E-state index contributed by atoms with van der Waals surface area (Å²) < 4.78 is 16.3. The first-order valence-electron chi connectivity index (χ1n) is 10.6. The number of ether oxygens (including phenoxy) is 3. The van der Waals surface area contributed by atoms with Gasteiger partial charge in [0.25, 0.3) is 0 Å². The third-order valence-electron chi connectivity index (χ3n) is 5.98. The molecule has 1 fully saturated rings. The topological polar surface area (TPSA) is 46.2 Å². The van der Waals surface area contributed by atoms with Crippen LogP contribution in [0.2, 0.25) is 0 Å². The molecule has 1 heterocycles. The SMILES string of the molecule is COc1cc(CNCc2ccccc2N(C)C2CCN(C)CC2)cc(OC)c1OC. The number of benzene rings is 2. The van der Waals surface area contributed by atoms with Crippen LogP contribution in [0.5, 0.6) is 17.2 Å². The van der Waals surface area contributed by atoms with E-state index in [0.29, 0.717) is 29.8 Å². The van der Waals surface area contributed by atoms with E-state index in [-0.39, 0.29) is 0 Å². The molecule has 2 aromatic rings. The van der Waals surface area contributed by atoms with Gasteiger partial charge in [-0.1, -0.05) is 18.2 Å². The van der Waals surface area contributed by atoms with Crippen LogP contribution in [0.3, 0.4) is 0 Å². The van der Waals surface area contributed by atoms with E-state index in [1.807, 2.05) is 12.1 Å². The molecule has 0 aliphatic carbocycles. The fourth-order valence-electron chi connectivity index (χ4n) is 4.16. The summed E-state index contributed by atoms with van der Waals surface area (Å²) in [5.41, 5.74) is 3.71. The Morgan fingerprint density at radius 1 is 0.967 bits per heavy atom. The van der Waals surface area contributed by atoms with Crippen molar-refractivity contribution in [1.82, 2.24) is 10.2 Å². The van der Waals surface area contributed by atoms with Crippen LogP contribution in [0.25, 0.3) is 0 Å². The molecule has 1 aliphatic heterocycles. The fourth-order valence-corrected chi connectivity index (χ4v) is 4.16. The van der Waals surface area contributed by atoms with E-state index in [2.05, 4.69) is 53.5 Å². The number of hydrogen-bond donors (Lipinski definition) is 1. The molecular formula is C24H35N3O3. The first kappa shape index (κ1) is 22.2. The summed E-state index contributed by atoms with van der Waals surface area (Å²) in [6, 6.07) is 13.3. The molecule has 2 aromatic carbocycles. The minimum absolute atomic E-state index is 0.595. The number of nitrogens with zero attached hydrogens (tertiary/aromatic N) is 2. The van der Waals surface area contributed by atoms with Crippen molar-refractivity contribution in [3.63, 3.8) is 0 Å². The number of rotatable bonds is 9. The van der Waals surface area contributed by atoms with Gasteiger partial charge in [-0.15, -0.1) is 0 Å². The molecule has 0 aromatic heterocycles. The van der Waals surface area contributed by atoms with Gasteiger partial charge >= 0.3 is 0 Å². The molecule has 6 heteroatoms. The fraction of sp³-hybridized carbons (Fsp3) is 0.500. The van der Waals surface area contributed by atoms with E-state index in [4.69, 9.17) is 14.2 Å². The normalized spacial score (nSPS) is 15.1. The third-order valence-corrected chi connectivity index (χ3v) is 5.98. The van der Waals surface area contributed by atoms with Crippen LogP contribution in [0, 0.1) is 0 Å². The number of hydrogen-bond acceptors (Lipinski definition) is 6. The average molecular weight is 414 g/mol. The van der Waals surface area contributed by atoms with Crippen molar-refractivity contribution in [2.75, 3.05) is 53.4 Å². The maximum absolute atomic E-state index is 5.47. The lowest BCUT2D eigenvalue weighted by Gasteiger charge is -2.37. The molecule has 0 unspecified atom stereocenters. The molecule has 30 heavy (non-hydrogen) atoms. The van der Waals surface area contributed by atoms with Crippen LogP contribution < -0.4 is 24.4 Å². The summed E-state index contributed by atoms with van der Waals surface area (Å²) in [7, 11) is 9.34. The number of likely N-dealkylation sites (tertiary alicyclic amines) is 1. The molecule has 1 aliphatic rings. The van der Waals surface area contributed by atoms with Crippen molar-refractivity contribution in [1.29, 1.82) is 0 Å². The van der Waals surface area contributed by atoms with Crippen LogP contribution in [0.15, 0.2) is 36.4 Å². The average Bonchev–Trinajstić information content (AvgIpc) is 2.78. The van der Waals surface area contributed by atoms with Crippen LogP contribution >= 0.6 is 0 Å². The summed E-state index contributed by atoms with van der Waals surface area (Å²) in [6.45, 7) is 3.83. The molecule has 0 bridgehead atoms. The van der Waals surface area contributed by atoms with Crippen LogP contribution in [0.4, 0.5) is 5.69 Å². The molecule has 0 amide bonds. The lowest BCUT2D eigenvalue weighted by molar-refractivity contribution is 0.252. The van der Waals surface area contributed by atoms with Gasteiger partial charge in [-0.2, -0.15) is 0 Å². The Labute approximate surface area is 180 Å². The lowest BCUT2D eigenvalue weighted by Crippen LogP contribution is -2.42. The quantitative estimate of drug-likeness (QED) is 0.679. The highest BCUT2D eigenvalue weighted by molar-refractivity contribution is 5.55. The molecule has 1 N–H and O–H groups in total. The number of piperidine rings is 1. The number of anilines is 1. The van der Waals surface area contributed by atoms with Gasteiger partial charge in [0.15, 0.2) is 11.5 Å². The minimum Gasteiger partial charge on any atom is -0.493 e. The first-order valence-corrected chi connectivity index (χ1v) is 10.6. The monoisotopic (exact) mass is 413 g/mol. The Balaban J connectivity index is 1.67. The largest absolute Gasteiger partial charge is 0.493 e. The van der Waals surface area contributed by atoms with Gasteiger partial charge in [-0.25, -0.2) is 0 Å². The second-order valence-corrected chi connectivity index (χ2v) is 7.91. The Hall–Kier alpha value is -2.44. The highest BCUT2D eigenvalue weighted by atomic mass is 16.5. The maximum atomic E-state index is 5.47. The summed E-state index contributed by atoms with van der Waals surface area (Å²) in [5, 5.41) is 3.58. The summed E-state index contributed by atoms with van der Waals surface area (Å²) >= 11 is 0. The zero-order valence-corrected chi connectivity index (χ0v) is 18.9. The van der Waals surface area contributed by atoms with Gasteiger partial charge in [-0.3, -0.25) is 0 Å². The molecular weight excluding hydrogens is 378 g/mol.